The minimum atomic E-state index is -3.64. The summed E-state index contributed by atoms with van der Waals surface area (Å²) in [7, 11) is -1.65. The molecule has 0 saturated carbocycles. The number of hydrogen-bond acceptors (Lipinski definition) is 8. The molecule has 1 fully saturated rings. The molecule has 11 heteroatoms. The molecule has 156 valence electrons. The van der Waals surface area contributed by atoms with Gasteiger partial charge in [-0.15, -0.1) is 11.3 Å². The molecule has 0 bridgehead atoms. The minimum Gasteiger partial charge on any atom is -0.379 e. The van der Waals surface area contributed by atoms with Crippen LogP contribution in [-0.2, 0) is 24.4 Å². The standard InChI is InChI=1S/C16H26N4O3S2.CO2/c1-13-15(12-16(24-13)25(17,22)23)4-5-18(3)6-7-19-8-10-20(11-9-19)14(2)21;2-1-3/h4-5,12H,6-11H2,1-3H3,(H2,17,22,23);/b5-4-;. The number of carbonyl (C=O) groups is 1. The Morgan fingerprint density at radius 2 is 1.89 bits per heavy atom. The molecule has 0 atom stereocenters. The number of hydrogen-bond donors (Lipinski definition) is 1. The van der Waals surface area contributed by atoms with Crippen molar-refractivity contribution >= 4 is 39.5 Å². The summed E-state index contributed by atoms with van der Waals surface area (Å²) in [5.74, 6) is 0.143. The van der Waals surface area contributed by atoms with Gasteiger partial charge in [-0.1, -0.05) is 0 Å². The third-order valence-electron chi connectivity index (χ3n) is 4.31. The zero-order chi connectivity index (χ0) is 21.3. The lowest BCUT2D eigenvalue weighted by Gasteiger charge is -2.34. The van der Waals surface area contributed by atoms with Gasteiger partial charge in [0.2, 0.25) is 15.9 Å². The molecule has 0 aliphatic carbocycles. The van der Waals surface area contributed by atoms with Crippen molar-refractivity contribution in [1.29, 1.82) is 0 Å². The van der Waals surface area contributed by atoms with Gasteiger partial charge in [0.1, 0.15) is 4.21 Å². The second-order valence-electron chi connectivity index (χ2n) is 6.35. The van der Waals surface area contributed by atoms with Gasteiger partial charge in [0, 0.05) is 58.1 Å². The molecule has 0 spiro atoms. The molecule has 1 amide bonds. The Balaban J connectivity index is 0.00000122. The number of aryl methyl sites for hydroxylation is 1. The van der Waals surface area contributed by atoms with E-state index in [0.29, 0.717) is 0 Å². The van der Waals surface area contributed by atoms with Crippen LogP contribution in [0, 0.1) is 6.92 Å². The average Bonchev–Trinajstić information content (AvgIpc) is 3.00. The fourth-order valence-electron chi connectivity index (χ4n) is 2.64. The van der Waals surface area contributed by atoms with Gasteiger partial charge in [-0.25, -0.2) is 13.6 Å². The van der Waals surface area contributed by atoms with E-state index in [1.165, 1.54) is 11.3 Å². The van der Waals surface area contributed by atoms with Crippen molar-refractivity contribution in [2.24, 2.45) is 5.14 Å². The molecular formula is C17H26N4O5S2. The Labute approximate surface area is 169 Å². The molecule has 2 N–H and O–H groups in total. The Kier molecular flexibility index (Phi) is 9.50. The third-order valence-corrected chi connectivity index (χ3v) is 6.80. The molecule has 1 aliphatic rings. The molecule has 0 aromatic carbocycles. The highest BCUT2D eigenvalue weighted by Crippen LogP contribution is 2.25. The van der Waals surface area contributed by atoms with Gasteiger partial charge in [0.25, 0.3) is 0 Å². The predicted molar refractivity (Wildman–Crippen MR) is 106 cm³/mol. The van der Waals surface area contributed by atoms with Gasteiger partial charge < -0.3 is 9.80 Å². The van der Waals surface area contributed by atoms with Crippen LogP contribution in [0.5, 0.6) is 0 Å². The quantitative estimate of drug-likeness (QED) is 0.684. The molecule has 9 nitrogen and oxygen atoms in total. The van der Waals surface area contributed by atoms with Gasteiger partial charge >= 0.3 is 6.15 Å². The fraction of sp³-hybridized carbons (Fsp3) is 0.529. The van der Waals surface area contributed by atoms with E-state index in [9.17, 15) is 13.2 Å². The van der Waals surface area contributed by atoms with E-state index in [1.807, 2.05) is 31.1 Å². The first-order chi connectivity index (χ1) is 13.1. The summed E-state index contributed by atoms with van der Waals surface area (Å²) in [6.07, 6.45) is 4.11. The van der Waals surface area contributed by atoms with Crippen LogP contribution in [0.1, 0.15) is 17.4 Å². The monoisotopic (exact) mass is 430 g/mol. The molecule has 1 aliphatic heterocycles. The van der Waals surface area contributed by atoms with Crippen molar-refractivity contribution in [3.63, 3.8) is 0 Å². The van der Waals surface area contributed by atoms with Gasteiger partial charge in [-0.2, -0.15) is 9.59 Å². The molecule has 1 aromatic rings. The van der Waals surface area contributed by atoms with E-state index in [-0.39, 0.29) is 16.3 Å². The summed E-state index contributed by atoms with van der Waals surface area (Å²) >= 11 is 1.19. The smallest absolute Gasteiger partial charge is 0.373 e. The number of thiophene rings is 1. The van der Waals surface area contributed by atoms with E-state index in [4.69, 9.17) is 14.7 Å². The molecule has 2 rings (SSSR count). The molecular weight excluding hydrogens is 404 g/mol. The zero-order valence-electron chi connectivity index (χ0n) is 16.3. The average molecular weight is 431 g/mol. The Morgan fingerprint density at radius 3 is 2.36 bits per heavy atom. The van der Waals surface area contributed by atoms with E-state index >= 15 is 0 Å². The molecule has 28 heavy (non-hydrogen) atoms. The van der Waals surface area contributed by atoms with Crippen molar-refractivity contribution in [3.8, 4) is 0 Å². The van der Waals surface area contributed by atoms with Crippen LogP contribution in [0.3, 0.4) is 0 Å². The van der Waals surface area contributed by atoms with Gasteiger partial charge in [0.15, 0.2) is 0 Å². The van der Waals surface area contributed by atoms with E-state index in [2.05, 4.69) is 9.80 Å². The fourth-order valence-corrected chi connectivity index (χ4v) is 4.50. The summed E-state index contributed by atoms with van der Waals surface area (Å²) in [5.41, 5.74) is 0.871. The van der Waals surface area contributed by atoms with Crippen LogP contribution in [0.2, 0.25) is 0 Å². The summed E-state index contributed by atoms with van der Waals surface area (Å²) in [4.78, 5) is 34.8. The topological polar surface area (TPSA) is 121 Å². The van der Waals surface area contributed by atoms with Crippen LogP contribution in [0.15, 0.2) is 16.5 Å². The normalized spacial score (nSPS) is 15.1. The molecule has 1 aromatic heterocycles. The van der Waals surface area contributed by atoms with Crippen LogP contribution >= 0.6 is 11.3 Å². The number of nitrogens with two attached hydrogens (primary N) is 1. The number of piperazine rings is 1. The number of amides is 1. The lowest BCUT2D eigenvalue weighted by atomic mass is 10.2. The van der Waals surface area contributed by atoms with Gasteiger partial charge in [-0.3, -0.25) is 9.69 Å². The lowest BCUT2D eigenvalue weighted by molar-refractivity contribution is -0.191. The molecule has 0 unspecified atom stereocenters. The Hall–Kier alpha value is -2.04. The first-order valence-corrected chi connectivity index (χ1v) is 10.9. The van der Waals surface area contributed by atoms with Gasteiger partial charge in [0.05, 0.1) is 0 Å². The highest BCUT2D eigenvalue weighted by Gasteiger charge is 2.18. The number of likely N-dealkylation sites (N-methyl/N-ethyl adjacent to an activating group) is 1. The Morgan fingerprint density at radius 1 is 1.32 bits per heavy atom. The summed E-state index contributed by atoms with van der Waals surface area (Å²) < 4.78 is 23.0. The maximum absolute atomic E-state index is 11.4. The largest absolute Gasteiger partial charge is 0.379 e. The maximum atomic E-state index is 11.4. The van der Waals surface area contributed by atoms with Crippen molar-refractivity contribution < 1.29 is 22.8 Å². The SMILES string of the molecule is CC(=O)N1CCN(CCN(C)/C=C\c2cc(S(N)(=O)=O)sc2C)CC1.O=C=O. The van der Waals surface area contributed by atoms with Crippen molar-refractivity contribution in [1.82, 2.24) is 14.7 Å². The van der Waals surface area contributed by atoms with Crippen molar-refractivity contribution in [3.05, 3.63) is 22.7 Å². The first kappa shape index (κ1) is 24.0. The van der Waals surface area contributed by atoms with Crippen LogP contribution < -0.4 is 5.14 Å². The number of rotatable bonds is 6. The first-order valence-electron chi connectivity index (χ1n) is 8.57. The molecule has 2 heterocycles. The van der Waals surface area contributed by atoms with Crippen LogP contribution in [0.4, 0.5) is 0 Å². The second kappa shape index (κ2) is 11.1. The summed E-state index contributed by atoms with van der Waals surface area (Å²) in [6.45, 7) is 8.67. The molecule has 0 radical (unpaired) electrons. The summed E-state index contributed by atoms with van der Waals surface area (Å²) in [6, 6.07) is 1.61. The lowest BCUT2D eigenvalue weighted by Crippen LogP contribution is -2.49. The highest BCUT2D eigenvalue weighted by molar-refractivity contribution is 7.91. The highest BCUT2D eigenvalue weighted by atomic mass is 32.2. The summed E-state index contributed by atoms with van der Waals surface area (Å²) in [5, 5.41) is 5.17. The van der Waals surface area contributed by atoms with Crippen LogP contribution in [0.25, 0.3) is 6.08 Å². The number of primary sulfonamides is 1. The molecule has 1 saturated heterocycles. The van der Waals surface area contributed by atoms with E-state index < -0.39 is 10.0 Å². The predicted octanol–water partition coefficient (Wildman–Crippen LogP) is 0.187. The van der Waals surface area contributed by atoms with Crippen molar-refractivity contribution in [2.75, 3.05) is 46.3 Å². The van der Waals surface area contributed by atoms with E-state index in [1.54, 1.807) is 13.0 Å². The third kappa shape index (κ3) is 7.91. The second-order valence-corrected chi connectivity index (χ2v) is 9.39. The maximum Gasteiger partial charge on any atom is 0.373 e. The van der Waals surface area contributed by atoms with Gasteiger partial charge in [-0.05, 0) is 30.8 Å². The minimum absolute atomic E-state index is 0.143. The Bertz CT molecular complexity index is 821. The zero-order valence-corrected chi connectivity index (χ0v) is 17.9. The number of sulfonamides is 1. The number of nitrogens with zero attached hydrogens (tertiary/aromatic N) is 3. The van der Waals surface area contributed by atoms with Crippen molar-refractivity contribution in [2.45, 2.75) is 18.1 Å². The van der Waals surface area contributed by atoms with Crippen LogP contribution in [-0.4, -0.2) is 81.5 Å². The van der Waals surface area contributed by atoms with E-state index in [0.717, 1.165) is 49.7 Å². The number of carbonyl (C=O) groups excluding carboxylic acids is 3.